The zero-order chi connectivity index (χ0) is 10.7. The molecule has 1 aromatic rings. The molecule has 0 spiro atoms. The van der Waals surface area contributed by atoms with Crippen LogP contribution in [0.2, 0.25) is 0 Å². The highest BCUT2D eigenvalue weighted by atomic mass is 15.0. The van der Waals surface area contributed by atoms with Crippen LogP contribution >= 0.6 is 0 Å². The second-order valence-corrected chi connectivity index (χ2v) is 4.20. The summed E-state index contributed by atoms with van der Waals surface area (Å²) >= 11 is 0. The van der Waals surface area contributed by atoms with Gasteiger partial charge < -0.3 is 5.32 Å². The van der Waals surface area contributed by atoms with Crippen LogP contribution in [0.5, 0.6) is 0 Å². The van der Waals surface area contributed by atoms with Gasteiger partial charge in [0.05, 0.1) is 5.56 Å². The third-order valence-corrected chi connectivity index (χ3v) is 3.09. The van der Waals surface area contributed by atoms with Gasteiger partial charge in [-0.25, -0.2) is 4.98 Å². The number of nitrogens with zero attached hydrogens (tertiary/aromatic N) is 2. The fourth-order valence-electron chi connectivity index (χ4n) is 2.10. The smallest absolute Gasteiger partial charge is 0.126 e. The van der Waals surface area contributed by atoms with E-state index in [1.54, 1.807) is 12.3 Å². The van der Waals surface area contributed by atoms with Gasteiger partial charge in [0, 0.05) is 12.2 Å². The Kier molecular flexibility index (Phi) is 2.86. The third kappa shape index (κ3) is 2.27. The van der Waals surface area contributed by atoms with Crippen molar-refractivity contribution in [2.75, 3.05) is 5.32 Å². The predicted molar refractivity (Wildman–Crippen MR) is 59.4 cm³/mol. The molecule has 0 saturated heterocycles. The SMILES string of the molecule is CC1CCCC1Nc1ccc(C#N)cn1. The second kappa shape index (κ2) is 4.31. The molecule has 0 amide bonds. The van der Waals surface area contributed by atoms with Gasteiger partial charge in [-0.15, -0.1) is 0 Å². The maximum absolute atomic E-state index is 8.64. The van der Waals surface area contributed by atoms with Crippen LogP contribution < -0.4 is 5.32 Å². The first-order valence-corrected chi connectivity index (χ1v) is 5.42. The van der Waals surface area contributed by atoms with Gasteiger partial charge in [-0.3, -0.25) is 0 Å². The predicted octanol–water partition coefficient (Wildman–Crippen LogP) is 2.55. The molecule has 3 nitrogen and oxygen atoms in total. The van der Waals surface area contributed by atoms with E-state index in [0.29, 0.717) is 11.6 Å². The van der Waals surface area contributed by atoms with Crippen molar-refractivity contribution in [3.05, 3.63) is 23.9 Å². The number of hydrogen-bond acceptors (Lipinski definition) is 3. The zero-order valence-electron chi connectivity index (χ0n) is 8.90. The van der Waals surface area contributed by atoms with Gasteiger partial charge in [0.15, 0.2) is 0 Å². The molecule has 1 aliphatic rings. The Morgan fingerprint density at radius 1 is 1.47 bits per heavy atom. The first-order valence-electron chi connectivity index (χ1n) is 5.42. The Hall–Kier alpha value is -1.56. The molecule has 0 bridgehead atoms. The van der Waals surface area contributed by atoms with Gasteiger partial charge in [0.2, 0.25) is 0 Å². The molecule has 2 rings (SSSR count). The van der Waals surface area contributed by atoms with Crippen molar-refractivity contribution in [3.8, 4) is 6.07 Å². The zero-order valence-corrected chi connectivity index (χ0v) is 8.90. The van der Waals surface area contributed by atoms with Crippen LogP contribution in [0.25, 0.3) is 0 Å². The van der Waals surface area contributed by atoms with E-state index < -0.39 is 0 Å². The maximum atomic E-state index is 8.64. The van der Waals surface area contributed by atoms with Gasteiger partial charge in [-0.2, -0.15) is 5.26 Å². The number of pyridine rings is 1. The van der Waals surface area contributed by atoms with E-state index in [0.717, 1.165) is 11.7 Å². The highest BCUT2D eigenvalue weighted by Crippen LogP contribution is 2.27. The van der Waals surface area contributed by atoms with E-state index >= 15 is 0 Å². The quantitative estimate of drug-likeness (QED) is 0.800. The normalized spacial score (nSPS) is 24.8. The van der Waals surface area contributed by atoms with Gasteiger partial charge in [-0.1, -0.05) is 13.3 Å². The topological polar surface area (TPSA) is 48.7 Å². The summed E-state index contributed by atoms with van der Waals surface area (Å²) in [6.07, 6.45) is 5.44. The van der Waals surface area contributed by atoms with Gasteiger partial charge in [0.1, 0.15) is 11.9 Å². The lowest BCUT2D eigenvalue weighted by Crippen LogP contribution is -2.22. The van der Waals surface area contributed by atoms with Crippen LogP contribution in [0.15, 0.2) is 18.3 Å². The average molecular weight is 201 g/mol. The summed E-state index contributed by atoms with van der Waals surface area (Å²) in [5.41, 5.74) is 0.611. The third-order valence-electron chi connectivity index (χ3n) is 3.09. The van der Waals surface area contributed by atoms with Crippen LogP contribution in [0.4, 0.5) is 5.82 Å². The Morgan fingerprint density at radius 2 is 2.33 bits per heavy atom. The van der Waals surface area contributed by atoms with Crippen molar-refractivity contribution >= 4 is 5.82 Å². The average Bonchev–Trinajstić information content (AvgIpc) is 2.66. The Morgan fingerprint density at radius 3 is 2.87 bits per heavy atom. The summed E-state index contributed by atoms with van der Waals surface area (Å²) in [4.78, 5) is 4.21. The number of nitrogens with one attached hydrogen (secondary N) is 1. The second-order valence-electron chi connectivity index (χ2n) is 4.20. The lowest BCUT2D eigenvalue weighted by Gasteiger charge is -2.17. The summed E-state index contributed by atoms with van der Waals surface area (Å²) in [6.45, 7) is 2.27. The van der Waals surface area contributed by atoms with Crippen molar-refractivity contribution in [1.29, 1.82) is 5.26 Å². The summed E-state index contributed by atoms with van der Waals surface area (Å²) in [6, 6.07) is 6.29. The van der Waals surface area contributed by atoms with Crippen LogP contribution in [-0.2, 0) is 0 Å². The van der Waals surface area contributed by atoms with Gasteiger partial charge >= 0.3 is 0 Å². The van der Waals surface area contributed by atoms with Crippen LogP contribution in [0.1, 0.15) is 31.7 Å². The van der Waals surface area contributed by atoms with Crippen LogP contribution in [-0.4, -0.2) is 11.0 Å². The Bertz CT molecular complexity index is 363. The van der Waals surface area contributed by atoms with E-state index in [9.17, 15) is 0 Å². The lowest BCUT2D eigenvalue weighted by molar-refractivity contribution is 0.555. The molecule has 1 N–H and O–H groups in total. The fourth-order valence-corrected chi connectivity index (χ4v) is 2.10. The molecule has 0 aromatic carbocycles. The lowest BCUT2D eigenvalue weighted by atomic mass is 10.1. The fraction of sp³-hybridized carbons (Fsp3) is 0.500. The molecule has 1 fully saturated rings. The standard InChI is InChI=1S/C12H15N3/c1-9-3-2-4-11(9)15-12-6-5-10(7-13)8-14-12/h5-6,8-9,11H,2-4H2,1H3,(H,14,15). The van der Waals surface area contributed by atoms with Crippen molar-refractivity contribution in [3.63, 3.8) is 0 Å². The van der Waals surface area contributed by atoms with Crippen molar-refractivity contribution < 1.29 is 0 Å². The molecule has 0 aliphatic heterocycles. The van der Waals surface area contributed by atoms with E-state index in [2.05, 4.69) is 23.3 Å². The van der Waals surface area contributed by atoms with Gasteiger partial charge in [-0.05, 0) is 30.9 Å². The largest absolute Gasteiger partial charge is 0.367 e. The first kappa shape index (κ1) is 9.97. The molecule has 2 unspecified atom stereocenters. The molecular weight excluding hydrogens is 186 g/mol. The summed E-state index contributed by atoms with van der Waals surface area (Å²) in [5.74, 6) is 1.61. The molecule has 1 saturated carbocycles. The number of hydrogen-bond donors (Lipinski definition) is 1. The van der Waals surface area contributed by atoms with Crippen LogP contribution in [0.3, 0.4) is 0 Å². The Balaban J connectivity index is 2.02. The molecule has 1 aromatic heterocycles. The molecular formula is C12H15N3. The minimum absolute atomic E-state index is 0.547. The molecule has 78 valence electrons. The number of aromatic nitrogens is 1. The minimum atomic E-state index is 0.547. The monoisotopic (exact) mass is 201 g/mol. The van der Waals surface area contributed by atoms with E-state index in [1.807, 2.05) is 6.07 Å². The summed E-state index contributed by atoms with van der Waals surface area (Å²) in [5, 5.41) is 12.1. The van der Waals surface area contributed by atoms with Gasteiger partial charge in [0.25, 0.3) is 0 Å². The summed E-state index contributed by atoms with van der Waals surface area (Å²) < 4.78 is 0. The van der Waals surface area contributed by atoms with Crippen LogP contribution in [0, 0.1) is 17.2 Å². The van der Waals surface area contributed by atoms with E-state index in [-0.39, 0.29) is 0 Å². The minimum Gasteiger partial charge on any atom is -0.367 e. The van der Waals surface area contributed by atoms with E-state index in [1.165, 1.54) is 19.3 Å². The highest BCUT2D eigenvalue weighted by molar-refractivity contribution is 5.40. The molecule has 15 heavy (non-hydrogen) atoms. The first-order chi connectivity index (χ1) is 7.29. The Labute approximate surface area is 90.1 Å². The summed E-state index contributed by atoms with van der Waals surface area (Å²) in [7, 11) is 0. The molecule has 2 atom stereocenters. The van der Waals surface area contributed by atoms with Crippen molar-refractivity contribution in [1.82, 2.24) is 4.98 Å². The molecule has 1 heterocycles. The van der Waals surface area contributed by atoms with E-state index in [4.69, 9.17) is 5.26 Å². The molecule has 1 aliphatic carbocycles. The molecule has 0 radical (unpaired) electrons. The highest BCUT2D eigenvalue weighted by Gasteiger charge is 2.23. The molecule has 3 heteroatoms. The van der Waals surface area contributed by atoms with Crippen molar-refractivity contribution in [2.24, 2.45) is 5.92 Å². The number of nitriles is 1. The van der Waals surface area contributed by atoms with Crippen molar-refractivity contribution in [2.45, 2.75) is 32.2 Å². The number of anilines is 1. The maximum Gasteiger partial charge on any atom is 0.126 e. The number of rotatable bonds is 2.